The van der Waals surface area contributed by atoms with Crippen molar-refractivity contribution in [3.8, 4) is 0 Å². The number of carboxylic acids is 1. The van der Waals surface area contributed by atoms with Crippen LogP contribution in [-0.2, 0) is 11.2 Å². The van der Waals surface area contributed by atoms with Gasteiger partial charge in [-0.2, -0.15) is 0 Å². The van der Waals surface area contributed by atoms with Gasteiger partial charge in [0.15, 0.2) is 0 Å². The minimum Gasteiger partial charge on any atom is -0.477 e. The third kappa shape index (κ3) is 4.01. The van der Waals surface area contributed by atoms with E-state index in [-0.39, 0.29) is 29.9 Å². The Morgan fingerprint density at radius 1 is 1.54 bits per heavy atom. The highest BCUT2D eigenvalue weighted by Crippen LogP contribution is 2.48. The highest BCUT2D eigenvalue weighted by molar-refractivity contribution is 9.11. The van der Waals surface area contributed by atoms with Gasteiger partial charge in [0.2, 0.25) is 0 Å². The second kappa shape index (κ2) is 8.26. The fourth-order valence-electron chi connectivity index (χ4n) is 3.53. The van der Waals surface area contributed by atoms with E-state index in [4.69, 9.17) is 10.5 Å². The second-order valence-corrected chi connectivity index (χ2v) is 9.01. The van der Waals surface area contributed by atoms with E-state index in [9.17, 15) is 18.7 Å². The number of aromatic carboxylic acids is 1. The first-order chi connectivity index (χ1) is 11.7. The van der Waals surface area contributed by atoms with Gasteiger partial charge in [-0.3, -0.25) is 0 Å². The Kier molecular flexibility index (Phi) is 6.93. The number of fused-ring (bicyclic) bond motifs is 1. The van der Waals surface area contributed by atoms with Crippen LogP contribution in [0.2, 0.25) is 0 Å². The molecule has 148 valence electrons. The summed E-state index contributed by atoms with van der Waals surface area (Å²) in [4.78, 5) is 13.1. The molecule has 3 N–H and O–H groups in total. The standard InChI is InChI=1S/C16H21BrF2N2O3S.ClH/c1-8-16(18,19)6-9-12(13(15(22)23)25-14(9)17)21(8)7-10(20)11-4-2-3-5-24-11;/h8,10-11H,2-7,20H2,1H3,(H,22,23);1H/t8?,10-,11?;/m0./s1. The minimum absolute atomic E-state index is 0. The molecule has 0 saturated carbocycles. The Hall–Kier alpha value is -0.480. The van der Waals surface area contributed by atoms with E-state index in [0.717, 1.165) is 30.6 Å². The maximum Gasteiger partial charge on any atom is 0.348 e. The molecular formula is C16H22BrClF2N2O3S. The highest BCUT2D eigenvalue weighted by Gasteiger charge is 2.48. The van der Waals surface area contributed by atoms with Crippen molar-refractivity contribution in [1.82, 2.24) is 0 Å². The lowest BCUT2D eigenvalue weighted by molar-refractivity contribution is -0.0305. The van der Waals surface area contributed by atoms with Crippen LogP contribution in [0.3, 0.4) is 0 Å². The van der Waals surface area contributed by atoms with Crippen molar-refractivity contribution in [3.05, 3.63) is 14.2 Å². The van der Waals surface area contributed by atoms with Gasteiger partial charge in [0, 0.05) is 31.2 Å². The van der Waals surface area contributed by atoms with Gasteiger partial charge in [-0.1, -0.05) is 0 Å². The number of hydrogen-bond acceptors (Lipinski definition) is 5. The van der Waals surface area contributed by atoms with E-state index in [1.807, 2.05) is 0 Å². The summed E-state index contributed by atoms with van der Waals surface area (Å²) < 4.78 is 35.2. The normalized spacial score (nSPS) is 26.0. The molecule has 5 nitrogen and oxygen atoms in total. The molecule has 3 rings (SSSR count). The average Bonchev–Trinajstić information content (AvgIpc) is 2.88. The molecule has 0 aromatic carbocycles. The van der Waals surface area contributed by atoms with Crippen molar-refractivity contribution < 1.29 is 23.4 Å². The molecule has 0 bridgehead atoms. The molecule has 2 unspecified atom stereocenters. The Labute approximate surface area is 169 Å². The predicted molar refractivity (Wildman–Crippen MR) is 103 cm³/mol. The number of carboxylic acid groups (broad SMARTS) is 1. The van der Waals surface area contributed by atoms with E-state index < -0.39 is 30.4 Å². The number of anilines is 1. The summed E-state index contributed by atoms with van der Waals surface area (Å²) in [5, 5.41) is 9.49. The Morgan fingerprint density at radius 2 is 2.23 bits per heavy atom. The molecule has 1 saturated heterocycles. The SMILES string of the molecule is CC1N(C[C@H](N)C2CCCCO2)c2c(C(=O)O)sc(Br)c2CC1(F)F.Cl. The molecule has 2 aliphatic heterocycles. The lowest BCUT2D eigenvalue weighted by Gasteiger charge is -2.43. The van der Waals surface area contributed by atoms with Crippen molar-refractivity contribution in [2.24, 2.45) is 5.73 Å². The number of thiophene rings is 1. The molecule has 0 spiro atoms. The van der Waals surface area contributed by atoms with Gasteiger partial charge in [0.05, 0.1) is 21.6 Å². The minimum atomic E-state index is -2.96. The summed E-state index contributed by atoms with van der Waals surface area (Å²) in [6, 6.07) is -1.58. The Balaban J connectivity index is 0.00000243. The first-order valence-electron chi connectivity index (χ1n) is 8.28. The number of ether oxygens (including phenoxy) is 1. The van der Waals surface area contributed by atoms with Crippen molar-refractivity contribution in [2.45, 2.75) is 56.7 Å². The molecule has 0 radical (unpaired) electrons. The summed E-state index contributed by atoms with van der Waals surface area (Å²) in [7, 11) is 0. The number of halogens is 4. The fraction of sp³-hybridized carbons (Fsp3) is 0.688. The van der Waals surface area contributed by atoms with Crippen LogP contribution < -0.4 is 10.6 Å². The van der Waals surface area contributed by atoms with Crippen LogP contribution in [0.25, 0.3) is 0 Å². The fourth-order valence-corrected chi connectivity index (χ4v) is 5.24. The number of nitrogens with zero attached hydrogens (tertiary/aromatic N) is 1. The molecule has 0 amide bonds. The summed E-state index contributed by atoms with van der Waals surface area (Å²) in [5.41, 5.74) is 6.97. The van der Waals surface area contributed by atoms with Gasteiger partial charge in [-0.05, 0) is 42.1 Å². The molecule has 10 heteroatoms. The smallest absolute Gasteiger partial charge is 0.348 e. The van der Waals surface area contributed by atoms with E-state index in [1.165, 1.54) is 11.8 Å². The van der Waals surface area contributed by atoms with Crippen molar-refractivity contribution in [1.29, 1.82) is 0 Å². The molecule has 1 fully saturated rings. The van der Waals surface area contributed by atoms with Gasteiger partial charge < -0.3 is 20.5 Å². The highest BCUT2D eigenvalue weighted by atomic mass is 79.9. The third-order valence-electron chi connectivity index (χ3n) is 5.00. The quantitative estimate of drug-likeness (QED) is 0.690. The summed E-state index contributed by atoms with van der Waals surface area (Å²) >= 11 is 4.23. The first-order valence-corrected chi connectivity index (χ1v) is 9.89. The number of carbonyl (C=O) groups is 1. The van der Waals surface area contributed by atoms with E-state index in [0.29, 0.717) is 21.6 Å². The Morgan fingerprint density at radius 3 is 2.81 bits per heavy atom. The predicted octanol–water partition coefficient (Wildman–Crippen LogP) is 3.91. The molecular weight excluding hydrogens is 454 g/mol. The van der Waals surface area contributed by atoms with Crippen LogP contribution >= 0.6 is 39.7 Å². The van der Waals surface area contributed by atoms with Crippen LogP contribution in [0.4, 0.5) is 14.5 Å². The molecule has 3 atom stereocenters. The summed E-state index contributed by atoms with van der Waals surface area (Å²) in [6.07, 6.45) is 2.12. The first kappa shape index (κ1) is 21.8. The van der Waals surface area contributed by atoms with E-state index in [1.54, 1.807) is 0 Å². The lowest BCUT2D eigenvalue weighted by Crippen LogP contribution is -2.57. The van der Waals surface area contributed by atoms with Crippen molar-refractivity contribution >= 4 is 51.3 Å². The molecule has 26 heavy (non-hydrogen) atoms. The van der Waals surface area contributed by atoms with Crippen molar-refractivity contribution in [2.75, 3.05) is 18.1 Å². The number of nitrogens with two attached hydrogens (primary N) is 1. The zero-order valence-electron chi connectivity index (χ0n) is 14.2. The van der Waals surface area contributed by atoms with Crippen LogP contribution in [0, 0.1) is 0 Å². The number of hydrogen-bond donors (Lipinski definition) is 2. The maximum absolute atomic E-state index is 14.5. The molecule has 1 aromatic rings. The number of alkyl halides is 2. The average molecular weight is 476 g/mol. The van der Waals surface area contributed by atoms with E-state index in [2.05, 4.69) is 15.9 Å². The van der Waals surface area contributed by atoms with E-state index >= 15 is 0 Å². The topological polar surface area (TPSA) is 75.8 Å². The van der Waals surface area contributed by atoms with Gasteiger partial charge in [-0.25, -0.2) is 13.6 Å². The van der Waals surface area contributed by atoms with Gasteiger partial charge in [-0.15, -0.1) is 23.7 Å². The zero-order valence-corrected chi connectivity index (χ0v) is 17.4. The van der Waals surface area contributed by atoms with Gasteiger partial charge in [0.25, 0.3) is 5.92 Å². The second-order valence-electron chi connectivity index (χ2n) is 6.67. The van der Waals surface area contributed by atoms with Crippen LogP contribution in [-0.4, -0.2) is 48.3 Å². The van der Waals surface area contributed by atoms with Crippen LogP contribution in [0.1, 0.15) is 41.4 Å². The maximum atomic E-state index is 14.5. The third-order valence-corrected chi connectivity index (χ3v) is 6.96. The Bertz CT molecular complexity index is 670. The van der Waals surface area contributed by atoms with Crippen LogP contribution in [0.15, 0.2) is 3.79 Å². The van der Waals surface area contributed by atoms with Gasteiger partial charge >= 0.3 is 5.97 Å². The monoisotopic (exact) mass is 474 g/mol. The summed E-state index contributed by atoms with van der Waals surface area (Å²) in [5.74, 6) is -4.07. The zero-order chi connectivity index (χ0) is 18.4. The summed E-state index contributed by atoms with van der Waals surface area (Å²) in [6.45, 7) is 2.19. The largest absolute Gasteiger partial charge is 0.477 e. The molecule has 3 heterocycles. The van der Waals surface area contributed by atoms with Crippen molar-refractivity contribution in [3.63, 3.8) is 0 Å². The van der Waals surface area contributed by atoms with Gasteiger partial charge in [0.1, 0.15) is 4.88 Å². The van der Waals surface area contributed by atoms with Crippen LogP contribution in [0.5, 0.6) is 0 Å². The number of rotatable bonds is 4. The lowest BCUT2D eigenvalue weighted by atomic mass is 9.93. The molecule has 2 aliphatic rings. The molecule has 1 aromatic heterocycles. The molecule has 0 aliphatic carbocycles.